The smallest absolute Gasteiger partial charge is 0.335 e. The molecule has 2 atom stereocenters. The molecule has 3 aromatic rings. The minimum absolute atomic E-state index is 0.0731. The maximum absolute atomic E-state index is 13.7. The van der Waals surface area contributed by atoms with Gasteiger partial charge in [-0.25, -0.2) is 9.97 Å². The first-order chi connectivity index (χ1) is 15.8. The second-order valence-electron chi connectivity index (χ2n) is 8.40. The summed E-state index contributed by atoms with van der Waals surface area (Å²) in [5, 5.41) is 8.42. The quantitative estimate of drug-likeness (QED) is 0.571. The van der Waals surface area contributed by atoms with Gasteiger partial charge in [-0.05, 0) is 43.7 Å². The summed E-state index contributed by atoms with van der Waals surface area (Å²) in [5.74, 6) is 0.481. The molecular weight excluding hydrogens is 433 g/mol. The number of alkyl halides is 3. The molecule has 1 aromatic carbocycles. The van der Waals surface area contributed by atoms with E-state index < -0.39 is 11.7 Å². The van der Waals surface area contributed by atoms with Crippen molar-refractivity contribution in [3.05, 3.63) is 65.5 Å². The third kappa shape index (κ3) is 4.89. The Balaban J connectivity index is 1.56. The molecule has 1 aliphatic heterocycles. The molecule has 1 aliphatic rings. The number of carbonyl (C=O) groups is 1. The van der Waals surface area contributed by atoms with E-state index >= 15 is 0 Å². The van der Waals surface area contributed by atoms with Crippen LogP contribution in [0.2, 0.25) is 0 Å². The summed E-state index contributed by atoms with van der Waals surface area (Å²) in [5.41, 5.74) is 1.19. The highest BCUT2D eigenvalue weighted by Crippen LogP contribution is 2.31. The van der Waals surface area contributed by atoms with Crippen molar-refractivity contribution >= 4 is 5.91 Å². The van der Waals surface area contributed by atoms with Crippen LogP contribution in [-0.4, -0.2) is 48.4 Å². The average Bonchev–Trinajstić information content (AvgIpc) is 3.31. The van der Waals surface area contributed by atoms with Gasteiger partial charge in [0.1, 0.15) is 11.5 Å². The van der Waals surface area contributed by atoms with E-state index in [1.807, 2.05) is 24.0 Å². The standard InChI is InChI=1S/C23H25F3N6O/c1-15-6-4-12-31(19(15)8-9-20-27-13-17(14-28-20)23(24,25)26)22(33)18-7-3-5-16(2)21(18)32-29-10-11-30-32/h3,5,7,10-11,13-15,19H,4,6,8-9,12H2,1-2H3/t15-,19-/m1/s1. The van der Waals surface area contributed by atoms with Gasteiger partial charge in [0.25, 0.3) is 5.91 Å². The molecular formula is C23H25F3N6O. The van der Waals surface area contributed by atoms with Gasteiger partial charge in [0.2, 0.25) is 0 Å². The van der Waals surface area contributed by atoms with Crippen LogP contribution in [0.25, 0.3) is 5.69 Å². The van der Waals surface area contributed by atoms with Crippen molar-refractivity contribution in [2.75, 3.05) is 6.54 Å². The normalized spacial score (nSPS) is 19.0. The first-order valence-electron chi connectivity index (χ1n) is 10.9. The van der Waals surface area contributed by atoms with Crippen LogP contribution in [-0.2, 0) is 12.6 Å². The number of halogens is 3. The second kappa shape index (κ2) is 9.29. The zero-order valence-corrected chi connectivity index (χ0v) is 18.5. The van der Waals surface area contributed by atoms with E-state index in [0.717, 1.165) is 30.8 Å². The highest BCUT2D eigenvalue weighted by molar-refractivity contribution is 5.98. The summed E-state index contributed by atoms with van der Waals surface area (Å²) in [6, 6.07) is 5.46. The average molecular weight is 458 g/mol. The molecule has 0 radical (unpaired) electrons. The number of amides is 1. The lowest BCUT2D eigenvalue weighted by atomic mass is 9.87. The summed E-state index contributed by atoms with van der Waals surface area (Å²) >= 11 is 0. The Kier molecular flexibility index (Phi) is 6.44. The molecule has 174 valence electrons. The predicted octanol–water partition coefficient (Wildman–Crippen LogP) is 4.26. The summed E-state index contributed by atoms with van der Waals surface area (Å²) < 4.78 is 38.3. The van der Waals surface area contributed by atoms with E-state index in [1.165, 1.54) is 4.80 Å². The largest absolute Gasteiger partial charge is 0.419 e. The summed E-state index contributed by atoms with van der Waals surface area (Å²) in [7, 11) is 0. The predicted molar refractivity (Wildman–Crippen MR) is 115 cm³/mol. The van der Waals surface area contributed by atoms with Crippen molar-refractivity contribution in [2.45, 2.75) is 51.7 Å². The van der Waals surface area contributed by atoms with E-state index in [1.54, 1.807) is 18.5 Å². The van der Waals surface area contributed by atoms with Gasteiger partial charge in [-0.3, -0.25) is 4.79 Å². The number of hydrogen-bond acceptors (Lipinski definition) is 5. The molecule has 33 heavy (non-hydrogen) atoms. The lowest BCUT2D eigenvalue weighted by Gasteiger charge is -2.40. The first-order valence-corrected chi connectivity index (χ1v) is 10.9. The molecule has 1 saturated heterocycles. The minimum atomic E-state index is -4.46. The number of rotatable bonds is 5. The van der Waals surface area contributed by atoms with E-state index in [2.05, 4.69) is 27.1 Å². The lowest BCUT2D eigenvalue weighted by Crippen LogP contribution is -2.48. The van der Waals surface area contributed by atoms with Gasteiger partial charge in [0.05, 0.1) is 23.5 Å². The number of likely N-dealkylation sites (tertiary alicyclic amines) is 1. The van der Waals surface area contributed by atoms with Gasteiger partial charge in [0.15, 0.2) is 0 Å². The molecule has 10 heteroatoms. The molecule has 1 amide bonds. The Morgan fingerprint density at radius 2 is 1.85 bits per heavy atom. The number of carbonyl (C=O) groups excluding carboxylic acids is 1. The van der Waals surface area contributed by atoms with Gasteiger partial charge >= 0.3 is 6.18 Å². The summed E-state index contributed by atoms with van der Waals surface area (Å²) in [4.78, 5) is 24.8. The number of aromatic nitrogens is 5. The third-order valence-electron chi connectivity index (χ3n) is 6.16. The zero-order chi connectivity index (χ0) is 23.6. The maximum Gasteiger partial charge on any atom is 0.419 e. The number of piperidine rings is 1. The van der Waals surface area contributed by atoms with Crippen LogP contribution in [0.5, 0.6) is 0 Å². The summed E-state index contributed by atoms with van der Waals surface area (Å²) in [6.45, 7) is 4.62. The Bertz CT molecular complexity index is 1100. The van der Waals surface area contributed by atoms with Gasteiger partial charge in [0, 0.05) is 31.4 Å². The molecule has 1 fully saturated rings. The highest BCUT2D eigenvalue weighted by atomic mass is 19.4. The van der Waals surface area contributed by atoms with Crippen LogP contribution in [0.1, 0.15) is 53.5 Å². The summed E-state index contributed by atoms with van der Waals surface area (Å²) in [6.07, 6.45) is 3.11. The molecule has 2 aromatic heterocycles. The minimum Gasteiger partial charge on any atom is -0.335 e. The molecule has 7 nitrogen and oxygen atoms in total. The molecule has 3 heterocycles. The van der Waals surface area contributed by atoms with Crippen LogP contribution in [0, 0.1) is 12.8 Å². The number of aryl methyl sites for hydroxylation is 2. The molecule has 4 rings (SSSR count). The van der Waals surface area contributed by atoms with Crippen molar-refractivity contribution in [2.24, 2.45) is 5.92 Å². The third-order valence-corrected chi connectivity index (χ3v) is 6.16. The van der Waals surface area contributed by atoms with Crippen LogP contribution >= 0.6 is 0 Å². The molecule has 0 saturated carbocycles. The van der Waals surface area contributed by atoms with Gasteiger partial charge < -0.3 is 4.90 Å². The number of benzene rings is 1. The molecule has 0 N–H and O–H groups in total. The van der Waals surface area contributed by atoms with Crippen LogP contribution in [0.4, 0.5) is 13.2 Å². The SMILES string of the molecule is Cc1cccc(C(=O)N2CCC[C@@H](C)[C@H]2CCc2ncc(C(F)(F)F)cn2)c1-n1nccn1. The molecule has 0 unspecified atom stereocenters. The van der Waals surface area contributed by atoms with Gasteiger partial charge in [-0.1, -0.05) is 19.1 Å². The molecule has 0 bridgehead atoms. The monoisotopic (exact) mass is 458 g/mol. The van der Waals surface area contributed by atoms with E-state index in [4.69, 9.17) is 0 Å². The van der Waals surface area contributed by atoms with Gasteiger partial charge in [-0.2, -0.15) is 28.2 Å². The fourth-order valence-corrected chi connectivity index (χ4v) is 4.43. The van der Waals surface area contributed by atoms with Crippen molar-refractivity contribution in [1.29, 1.82) is 0 Å². The molecule has 0 spiro atoms. The maximum atomic E-state index is 13.7. The van der Waals surface area contributed by atoms with Crippen molar-refractivity contribution in [3.8, 4) is 5.69 Å². The fraction of sp³-hybridized carbons (Fsp3) is 0.435. The van der Waals surface area contributed by atoms with Crippen molar-refractivity contribution < 1.29 is 18.0 Å². The Morgan fingerprint density at radius 3 is 2.52 bits per heavy atom. The van der Waals surface area contributed by atoms with Crippen molar-refractivity contribution in [1.82, 2.24) is 29.9 Å². The Morgan fingerprint density at radius 1 is 1.15 bits per heavy atom. The first kappa shape index (κ1) is 22.9. The second-order valence-corrected chi connectivity index (χ2v) is 8.40. The topological polar surface area (TPSA) is 76.8 Å². The van der Waals surface area contributed by atoms with Crippen LogP contribution < -0.4 is 0 Å². The van der Waals surface area contributed by atoms with E-state index in [9.17, 15) is 18.0 Å². The number of para-hydroxylation sites is 1. The Labute approximate surface area is 189 Å². The lowest BCUT2D eigenvalue weighted by molar-refractivity contribution is -0.138. The highest BCUT2D eigenvalue weighted by Gasteiger charge is 2.34. The zero-order valence-electron chi connectivity index (χ0n) is 18.5. The molecule has 0 aliphatic carbocycles. The van der Waals surface area contributed by atoms with Gasteiger partial charge in [-0.15, -0.1) is 0 Å². The van der Waals surface area contributed by atoms with E-state index in [0.29, 0.717) is 36.5 Å². The van der Waals surface area contributed by atoms with Crippen molar-refractivity contribution in [3.63, 3.8) is 0 Å². The van der Waals surface area contributed by atoms with Crippen LogP contribution in [0.15, 0.2) is 43.0 Å². The van der Waals surface area contributed by atoms with E-state index in [-0.39, 0.29) is 17.9 Å². The number of nitrogens with zero attached hydrogens (tertiary/aromatic N) is 6. The number of hydrogen-bond donors (Lipinski definition) is 0. The Hall–Kier alpha value is -3.30. The fourth-order valence-electron chi connectivity index (χ4n) is 4.43. The van der Waals surface area contributed by atoms with Crippen LogP contribution in [0.3, 0.4) is 0 Å².